The zero-order valence-corrected chi connectivity index (χ0v) is 8.04. The summed E-state index contributed by atoms with van der Waals surface area (Å²) in [5, 5.41) is 18.8. The second kappa shape index (κ2) is 5.12. The monoisotopic (exact) mass is 170 g/mol. The summed E-state index contributed by atoms with van der Waals surface area (Å²) in [5.41, 5.74) is 1.58. The lowest BCUT2D eigenvalue weighted by atomic mass is 10.0. The molecule has 0 aromatic heterocycles. The minimum atomic E-state index is -0.602. The average Bonchev–Trinajstić information content (AvgIpc) is 2.02. The lowest BCUT2D eigenvalue weighted by molar-refractivity contribution is 0.120. The number of rotatable bonds is 4. The highest BCUT2D eigenvalue weighted by Crippen LogP contribution is 2.11. The van der Waals surface area contributed by atoms with Gasteiger partial charge in [-0.05, 0) is 26.3 Å². The Kier molecular flexibility index (Phi) is 4.86. The van der Waals surface area contributed by atoms with Crippen LogP contribution in [-0.2, 0) is 0 Å². The first-order valence-electron chi connectivity index (χ1n) is 4.13. The Morgan fingerprint density at radius 1 is 1.33 bits per heavy atom. The first-order chi connectivity index (χ1) is 5.49. The zero-order valence-electron chi connectivity index (χ0n) is 8.04. The second-order valence-corrected chi connectivity index (χ2v) is 3.15. The molecule has 0 aliphatic heterocycles. The molecule has 0 radical (unpaired) electrons. The third kappa shape index (κ3) is 3.69. The van der Waals surface area contributed by atoms with Gasteiger partial charge in [-0.3, -0.25) is 0 Å². The van der Waals surface area contributed by atoms with E-state index in [1.807, 2.05) is 19.9 Å². The summed E-state index contributed by atoms with van der Waals surface area (Å²) in [4.78, 5) is 0. The van der Waals surface area contributed by atoms with E-state index in [2.05, 4.69) is 6.58 Å². The molecule has 0 saturated heterocycles. The SMILES string of the molecule is C=C(C)C(O)CC(O)/C(C)=C/C. The highest BCUT2D eigenvalue weighted by molar-refractivity contribution is 5.06. The maximum absolute atomic E-state index is 9.47. The van der Waals surface area contributed by atoms with Crippen molar-refractivity contribution in [3.05, 3.63) is 23.8 Å². The number of aliphatic hydroxyl groups is 2. The van der Waals surface area contributed by atoms with Gasteiger partial charge in [-0.2, -0.15) is 0 Å². The molecule has 0 saturated carbocycles. The van der Waals surface area contributed by atoms with Crippen molar-refractivity contribution in [1.82, 2.24) is 0 Å². The molecule has 0 aliphatic carbocycles. The molecule has 0 aromatic carbocycles. The van der Waals surface area contributed by atoms with Crippen LogP contribution in [0.2, 0.25) is 0 Å². The normalized spacial score (nSPS) is 17.2. The van der Waals surface area contributed by atoms with Gasteiger partial charge in [0, 0.05) is 6.42 Å². The van der Waals surface area contributed by atoms with Gasteiger partial charge in [-0.1, -0.05) is 18.2 Å². The standard InChI is InChI=1S/C10H18O2/c1-5-8(4)10(12)6-9(11)7(2)3/h5,9-12H,2,6H2,1,3-4H3/b8-5+. The molecular formula is C10H18O2. The molecule has 0 heterocycles. The van der Waals surface area contributed by atoms with Gasteiger partial charge in [-0.15, -0.1) is 0 Å². The van der Waals surface area contributed by atoms with Gasteiger partial charge < -0.3 is 10.2 Å². The number of allylic oxidation sites excluding steroid dienone is 1. The fraction of sp³-hybridized carbons (Fsp3) is 0.600. The molecule has 0 amide bonds. The smallest absolute Gasteiger partial charge is 0.0775 e. The predicted molar refractivity (Wildman–Crippen MR) is 50.9 cm³/mol. The van der Waals surface area contributed by atoms with Crippen LogP contribution in [0.3, 0.4) is 0 Å². The van der Waals surface area contributed by atoms with E-state index in [4.69, 9.17) is 0 Å². The molecule has 2 atom stereocenters. The average molecular weight is 170 g/mol. The minimum absolute atomic E-state index is 0.339. The van der Waals surface area contributed by atoms with Crippen LogP contribution >= 0.6 is 0 Å². The van der Waals surface area contributed by atoms with Gasteiger partial charge >= 0.3 is 0 Å². The Morgan fingerprint density at radius 2 is 1.83 bits per heavy atom. The van der Waals surface area contributed by atoms with Gasteiger partial charge in [0.2, 0.25) is 0 Å². The number of hydrogen-bond acceptors (Lipinski definition) is 2. The Hall–Kier alpha value is -0.600. The molecule has 2 unspecified atom stereocenters. The van der Waals surface area contributed by atoms with Crippen molar-refractivity contribution >= 4 is 0 Å². The summed E-state index contributed by atoms with van der Waals surface area (Å²) in [6.45, 7) is 9.07. The molecule has 2 nitrogen and oxygen atoms in total. The molecular weight excluding hydrogens is 152 g/mol. The van der Waals surface area contributed by atoms with E-state index >= 15 is 0 Å². The third-order valence-corrected chi connectivity index (χ3v) is 2.00. The number of hydrogen-bond donors (Lipinski definition) is 2. The summed E-state index contributed by atoms with van der Waals surface area (Å²) in [7, 11) is 0. The van der Waals surface area contributed by atoms with Gasteiger partial charge in [0.25, 0.3) is 0 Å². The third-order valence-electron chi connectivity index (χ3n) is 2.00. The summed E-state index contributed by atoms with van der Waals surface area (Å²) >= 11 is 0. The molecule has 70 valence electrons. The van der Waals surface area contributed by atoms with Crippen molar-refractivity contribution in [2.45, 2.75) is 39.4 Å². The fourth-order valence-electron chi connectivity index (χ4n) is 0.791. The van der Waals surface area contributed by atoms with Crippen molar-refractivity contribution in [2.24, 2.45) is 0 Å². The topological polar surface area (TPSA) is 40.5 Å². The van der Waals surface area contributed by atoms with Crippen LogP contribution in [-0.4, -0.2) is 22.4 Å². The predicted octanol–water partition coefficient (Wildman–Crippen LogP) is 1.64. The Labute approximate surface area is 74.2 Å². The molecule has 12 heavy (non-hydrogen) atoms. The van der Waals surface area contributed by atoms with E-state index in [-0.39, 0.29) is 0 Å². The van der Waals surface area contributed by atoms with Gasteiger partial charge in [0.1, 0.15) is 0 Å². The van der Waals surface area contributed by atoms with Crippen LogP contribution in [0.15, 0.2) is 23.8 Å². The van der Waals surface area contributed by atoms with E-state index < -0.39 is 12.2 Å². The van der Waals surface area contributed by atoms with Gasteiger partial charge in [0.05, 0.1) is 12.2 Å². The van der Waals surface area contributed by atoms with E-state index in [1.54, 1.807) is 6.92 Å². The van der Waals surface area contributed by atoms with Crippen LogP contribution < -0.4 is 0 Å². The second-order valence-electron chi connectivity index (χ2n) is 3.15. The molecule has 0 fully saturated rings. The Balaban J connectivity index is 4.00. The van der Waals surface area contributed by atoms with Crippen molar-refractivity contribution in [1.29, 1.82) is 0 Å². The molecule has 0 rings (SSSR count). The van der Waals surface area contributed by atoms with Crippen LogP contribution in [0, 0.1) is 0 Å². The quantitative estimate of drug-likeness (QED) is 0.630. The van der Waals surface area contributed by atoms with Crippen molar-refractivity contribution in [3.63, 3.8) is 0 Å². The molecule has 0 aliphatic rings. The molecule has 0 spiro atoms. The maximum atomic E-state index is 9.47. The Bertz CT molecular complexity index is 182. The van der Waals surface area contributed by atoms with E-state index in [0.717, 1.165) is 5.57 Å². The van der Waals surface area contributed by atoms with Crippen molar-refractivity contribution in [3.8, 4) is 0 Å². The van der Waals surface area contributed by atoms with Crippen LogP contribution in [0.1, 0.15) is 27.2 Å². The molecule has 0 aromatic rings. The van der Waals surface area contributed by atoms with E-state index in [1.165, 1.54) is 0 Å². The molecule has 2 heteroatoms. The molecule has 2 N–H and O–H groups in total. The summed E-state index contributed by atoms with van der Waals surface area (Å²) in [5.74, 6) is 0. The molecule has 0 bridgehead atoms. The lowest BCUT2D eigenvalue weighted by Gasteiger charge is -2.15. The fourth-order valence-corrected chi connectivity index (χ4v) is 0.791. The summed E-state index contributed by atoms with van der Waals surface area (Å²) < 4.78 is 0. The summed E-state index contributed by atoms with van der Waals surface area (Å²) in [6, 6.07) is 0. The Morgan fingerprint density at radius 3 is 2.17 bits per heavy atom. The van der Waals surface area contributed by atoms with Crippen molar-refractivity contribution in [2.75, 3.05) is 0 Å². The summed E-state index contributed by atoms with van der Waals surface area (Å²) in [6.07, 6.45) is 1.03. The largest absolute Gasteiger partial charge is 0.389 e. The zero-order chi connectivity index (χ0) is 9.72. The number of aliphatic hydroxyl groups excluding tert-OH is 2. The van der Waals surface area contributed by atoms with Crippen LogP contribution in [0.25, 0.3) is 0 Å². The highest BCUT2D eigenvalue weighted by Gasteiger charge is 2.12. The van der Waals surface area contributed by atoms with Crippen LogP contribution in [0.5, 0.6) is 0 Å². The van der Waals surface area contributed by atoms with Gasteiger partial charge in [0.15, 0.2) is 0 Å². The van der Waals surface area contributed by atoms with Crippen LogP contribution in [0.4, 0.5) is 0 Å². The first-order valence-corrected chi connectivity index (χ1v) is 4.13. The van der Waals surface area contributed by atoms with E-state index in [0.29, 0.717) is 12.0 Å². The lowest BCUT2D eigenvalue weighted by Crippen LogP contribution is -2.19. The minimum Gasteiger partial charge on any atom is -0.389 e. The maximum Gasteiger partial charge on any atom is 0.0775 e. The highest BCUT2D eigenvalue weighted by atomic mass is 16.3. The van der Waals surface area contributed by atoms with E-state index in [9.17, 15) is 10.2 Å². The first kappa shape index (κ1) is 11.4. The van der Waals surface area contributed by atoms with Crippen molar-refractivity contribution < 1.29 is 10.2 Å². The van der Waals surface area contributed by atoms with Gasteiger partial charge in [-0.25, -0.2) is 0 Å².